The van der Waals surface area contributed by atoms with Crippen LogP contribution in [0.25, 0.3) is 0 Å². The number of aliphatic hydroxyl groups is 1. The van der Waals surface area contributed by atoms with E-state index in [1.165, 1.54) is 0 Å². The molecule has 84 valence electrons. The predicted octanol–water partition coefficient (Wildman–Crippen LogP) is 1.40. The molecule has 0 spiro atoms. The number of nitrogens with one attached hydrogen (secondary N) is 2. The summed E-state index contributed by atoms with van der Waals surface area (Å²) < 4.78 is 0. The fourth-order valence-corrected chi connectivity index (χ4v) is 2.03. The molecule has 1 rings (SSSR count). The minimum atomic E-state index is -0.563. The van der Waals surface area contributed by atoms with Crippen LogP contribution in [0.5, 0.6) is 0 Å². The van der Waals surface area contributed by atoms with Gasteiger partial charge in [0.25, 0.3) is 0 Å². The van der Waals surface area contributed by atoms with Crippen LogP contribution < -0.4 is 10.6 Å². The molecular formula is C10H21ClN2O. The van der Waals surface area contributed by atoms with E-state index in [1.54, 1.807) is 0 Å². The number of hydrogen-bond donors (Lipinski definition) is 3. The zero-order valence-electron chi connectivity index (χ0n) is 8.80. The molecule has 0 saturated heterocycles. The number of hydrogen-bond acceptors (Lipinski definition) is 3. The monoisotopic (exact) mass is 220 g/mol. The third kappa shape index (κ3) is 4.60. The smallest absolute Gasteiger partial charge is 0.160 e. The van der Waals surface area contributed by atoms with Crippen LogP contribution in [0.4, 0.5) is 0 Å². The summed E-state index contributed by atoms with van der Waals surface area (Å²) in [6.07, 6.45) is 4.72. The van der Waals surface area contributed by atoms with Gasteiger partial charge in [-0.1, -0.05) is 6.92 Å². The number of halogens is 1. The summed E-state index contributed by atoms with van der Waals surface area (Å²) in [7, 11) is 0. The lowest BCUT2D eigenvalue weighted by atomic mass is 9.95. The molecule has 0 heterocycles. The first-order valence-electron chi connectivity index (χ1n) is 5.54. The standard InChI is InChI=1S/C10H21ClN2O/c1-2-7-12-10(14)13-9-5-3-8(11)4-6-9/h8-10,12-14H,2-7H2,1H3. The molecule has 0 bridgehead atoms. The summed E-state index contributed by atoms with van der Waals surface area (Å²) in [6, 6.07) is 0.421. The van der Waals surface area contributed by atoms with E-state index in [0.717, 1.165) is 38.6 Å². The van der Waals surface area contributed by atoms with Gasteiger partial charge in [-0.3, -0.25) is 10.6 Å². The Morgan fingerprint density at radius 2 is 2.00 bits per heavy atom. The molecular weight excluding hydrogens is 200 g/mol. The van der Waals surface area contributed by atoms with E-state index in [4.69, 9.17) is 11.6 Å². The molecule has 1 fully saturated rings. The van der Waals surface area contributed by atoms with Crippen molar-refractivity contribution in [3.8, 4) is 0 Å². The van der Waals surface area contributed by atoms with Crippen LogP contribution in [0.3, 0.4) is 0 Å². The van der Waals surface area contributed by atoms with Crippen LogP contribution in [-0.2, 0) is 0 Å². The summed E-state index contributed by atoms with van der Waals surface area (Å²) in [6.45, 7) is 2.93. The first-order chi connectivity index (χ1) is 6.72. The van der Waals surface area contributed by atoms with Crippen LogP contribution >= 0.6 is 11.6 Å². The second kappa shape index (κ2) is 6.62. The molecule has 1 aliphatic carbocycles. The molecule has 1 aliphatic rings. The molecule has 1 atom stereocenters. The minimum Gasteiger partial charge on any atom is -0.365 e. The van der Waals surface area contributed by atoms with E-state index in [9.17, 15) is 5.11 Å². The lowest BCUT2D eigenvalue weighted by Gasteiger charge is -2.28. The summed E-state index contributed by atoms with van der Waals surface area (Å²) in [5, 5.41) is 16.0. The lowest BCUT2D eigenvalue weighted by molar-refractivity contribution is 0.0816. The van der Waals surface area contributed by atoms with Gasteiger partial charge in [0.05, 0.1) is 0 Å². The zero-order valence-corrected chi connectivity index (χ0v) is 9.56. The maximum absolute atomic E-state index is 9.54. The Kier molecular flexibility index (Phi) is 5.78. The maximum atomic E-state index is 9.54. The van der Waals surface area contributed by atoms with Crippen molar-refractivity contribution in [1.82, 2.24) is 10.6 Å². The van der Waals surface area contributed by atoms with Crippen molar-refractivity contribution in [2.24, 2.45) is 0 Å². The summed E-state index contributed by atoms with van der Waals surface area (Å²) >= 11 is 6.00. The van der Waals surface area contributed by atoms with Crippen molar-refractivity contribution in [3.05, 3.63) is 0 Å². The number of alkyl halides is 1. The van der Waals surface area contributed by atoms with Crippen molar-refractivity contribution in [3.63, 3.8) is 0 Å². The molecule has 3 N–H and O–H groups in total. The highest BCUT2D eigenvalue weighted by Crippen LogP contribution is 2.22. The van der Waals surface area contributed by atoms with E-state index < -0.39 is 6.35 Å². The second-order valence-electron chi connectivity index (χ2n) is 3.97. The van der Waals surface area contributed by atoms with Crippen LogP contribution in [0.15, 0.2) is 0 Å². The normalized spacial score (nSPS) is 30.2. The van der Waals surface area contributed by atoms with Gasteiger partial charge in [-0.2, -0.15) is 0 Å². The van der Waals surface area contributed by atoms with Crippen molar-refractivity contribution >= 4 is 11.6 Å². The predicted molar refractivity (Wildman–Crippen MR) is 59.3 cm³/mol. The number of aliphatic hydroxyl groups excluding tert-OH is 1. The zero-order chi connectivity index (χ0) is 10.4. The summed E-state index contributed by atoms with van der Waals surface area (Å²) in [5.41, 5.74) is 0. The van der Waals surface area contributed by atoms with E-state index in [0.29, 0.717) is 11.4 Å². The highest BCUT2D eigenvalue weighted by Gasteiger charge is 2.20. The fraction of sp³-hybridized carbons (Fsp3) is 1.00. The van der Waals surface area contributed by atoms with Gasteiger partial charge in [0.2, 0.25) is 0 Å². The van der Waals surface area contributed by atoms with Gasteiger partial charge in [-0.15, -0.1) is 11.6 Å². The van der Waals surface area contributed by atoms with Gasteiger partial charge in [-0.25, -0.2) is 0 Å². The van der Waals surface area contributed by atoms with Gasteiger partial charge in [0.1, 0.15) is 0 Å². The highest BCUT2D eigenvalue weighted by atomic mass is 35.5. The molecule has 0 radical (unpaired) electrons. The van der Waals surface area contributed by atoms with Crippen molar-refractivity contribution in [2.45, 2.75) is 56.8 Å². The highest BCUT2D eigenvalue weighted by molar-refractivity contribution is 6.20. The Labute approximate surface area is 91.2 Å². The Balaban J connectivity index is 2.10. The van der Waals surface area contributed by atoms with Crippen LogP contribution in [-0.4, -0.2) is 29.4 Å². The Hall–Kier alpha value is 0.170. The third-order valence-corrected chi connectivity index (χ3v) is 3.07. The lowest BCUT2D eigenvalue weighted by Crippen LogP contribution is -2.48. The molecule has 4 heteroatoms. The Morgan fingerprint density at radius 1 is 1.36 bits per heavy atom. The van der Waals surface area contributed by atoms with Crippen molar-refractivity contribution in [1.29, 1.82) is 0 Å². The first-order valence-corrected chi connectivity index (χ1v) is 5.97. The quantitative estimate of drug-likeness (QED) is 0.485. The molecule has 0 amide bonds. The van der Waals surface area contributed by atoms with Crippen LogP contribution in [0, 0.1) is 0 Å². The van der Waals surface area contributed by atoms with E-state index in [-0.39, 0.29) is 0 Å². The van der Waals surface area contributed by atoms with Crippen molar-refractivity contribution < 1.29 is 5.11 Å². The molecule has 0 aromatic carbocycles. The van der Waals surface area contributed by atoms with Crippen LogP contribution in [0.2, 0.25) is 0 Å². The molecule has 1 unspecified atom stereocenters. The Morgan fingerprint density at radius 3 is 2.57 bits per heavy atom. The largest absolute Gasteiger partial charge is 0.365 e. The van der Waals surface area contributed by atoms with Crippen molar-refractivity contribution in [2.75, 3.05) is 6.54 Å². The average molecular weight is 221 g/mol. The SMILES string of the molecule is CCCNC(O)NC1CCC(Cl)CC1. The molecule has 0 aromatic heterocycles. The molecule has 0 aromatic rings. The van der Waals surface area contributed by atoms with E-state index in [1.807, 2.05) is 0 Å². The van der Waals surface area contributed by atoms with E-state index in [2.05, 4.69) is 17.6 Å². The van der Waals surface area contributed by atoms with Gasteiger partial charge in [0, 0.05) is 11.4 Å². The average Bonchev–Trinajstić information content (AvgIpc) is 2.18. The van der Waals surface area contributed by atoms with E-state index >= 15 is 0 Å². The van der Waals surface area contributed by atoms with Gasteiger partial charge in [0.15, 0.2) is 6.35 Å². The minimum absolute atomic E-state index is 0.341. The topological polar surface area (TPSA) is 44.3 Å². The molecule has 1 saturated carbocycles. The molecule has 0 aliphatic heterocycles. The summed E-state index contributed by atoms with van der Waals surface area (Å²) in [5.74, 6) is 0. The molecule has 14 heavy (non-hydrogen) atoms. The first kappa shape index (κ1) is 12.2. The Bertz CT molecular complexity index is 149. The summed E-state index contributed by atoms with van der Waals surface area (Å²) in [4.78, 5) is 0. The maximum Gasteiger partial charge on any atom is 0.160 e. The second-order valence-corrected chi connectivity index (χ2v) is 4.59. The van der Waals surface area contributed by atoms with Gasteiger partial charge >= 0.3 is 0 Å². The van der Waals surface area contributed by atoms with Crippen LogP contribution in [0.1, 0.15) is 39.0 Å². The molecule has 3 nitrogen and oxygen atoms in total. The number of rotatable bonds is 5. The third-order valence-electron chi connectivity index (χ3n) is 2.64. The van der Waals surface area contributed by atoms with Gasteiger partial charge < -0.3 is 5.11 Å². The van der Waals surface area contributed by atoms with Gasteiger partial charge in [-0.05, 0) is 38.6 Å². The fourth-order valence-electron chi connectivity index (χ4n) is 1.78.